The maximum absolute atomic E-state index is 12.5. The number of aromatic carboxylic acids is 1. The third kappa shape index (κ3) is 6.93. The van der Waals surface area contributed by atoms with E-state index in [2.05, 4.69) is 5.32 Å². The van der Waals surface area contributed by atoms with E-state index in [9.17, 15) is 14.7 Å². The van der Waals surface area contributed by atoms with Crippen molar-refractivity contribution in [3.8, 4) is 5.75 Å². The molecule has 0 saturated heterocycles. The number of halogens is 3. The van der Waals surface area contributed by atoms with Gasteiger partial charge in [0.05, 0.1) is 28.8 Å². The van der Waals surface area contributed by atoms with Crippen LogP contribution in [0.15, 0.2) is 60.7 Å². The van der Waals surface area contributed by atoms with E-state index in [4.69, 9.17) is 39.5 Å². The molecule has 1 N–H and O–H groups in total. The molecule has 0 saturated carbocycles. The van der Waals surface area contributed by atoms with E-state index in [0.29, 0.717) is 28.8 Å². The molecular weight excluding hydrogens is 456 g/mol. The number of amides is 1. The van der Waals surface area contributed by atoms with Gasteiger partial charge in [-0.25, -0.2) is 0 Å². The summed E-state index contributed by atoms with van der Waals surface area (Å²) in [5, 5.41) is 15.2. The largest absolute Gasteiger partial charge is 1.00 e. The fourth-order valence-electron chi connectivity index (χ4n) is 2.73. The second kappa shape index (κ2) is 11.5. The average Bonchev–Trinajstić information content (AvgIpc) is 2.68. The summed E-state index contributed by atoms with van der Waals surface area (Å²) in [6, 6.07) is 16.1. The SMILES string of the molecule is O=C(Nc1ccc(OCCc2cccc(Cl)c2)cc1C(=O)[O-])c1ccc(Cl)cc1Cl.[Li+]. The summed E-state index contributed by atoms with van der Waals surface area (Å²) in [7, 11) is 0. The van der Waals surface area contributed by atoms with Gasteiger partial charge in [-0.3, -0.25) is 4.79 Å². The van der Waals surface area contributed by atoms with Gasteiger partial charge in [0.1, 0.15) is 5.75 Å². The Labute approximate surface area is 206 Å². The summed E-state index contributed by atoms with van der Waals surface area (Å²) in [6.45, 7) is 0.318. The summed E-state index contributed by atoms with van der Waals surface area (Å²) in [6.07, 6.45) is 0.592. The quantitative estimate of drug-likeness (QED) is 0.535. The van der Waals surface area contributed by atoms with Crippen LogP contribution >= 0.6 is 34.8 Å². The van der Waals surface area contributed by atoms with Crippen LogP contribution in [0, 0.1) is 0 Å². The molecular formula is C22H15Cl3LiNO4. The maximum atomic E-state index is 12.5. The van der Waals surface area contributed by atoms with E-state index in [1.54, 1.807) is 12.1 Å². The zero-order chi connectivity index (χ0) is 21.7. The monoisotopic (exact) mass is 469 g/mol. The van der Waals surface area contributed by atoms with Gasteiger partial charge < -0.3 is 20.0 Å². The number of carbonyl (C=O) groups excluding carboxylic acids is 2. The van der Waals surface area contributed by atoms with Crippen LogP contribution in [0.4, 0.5) is 5.69 Å². The number of hydrogen-bond acceptors (Lipinski definition) is 4. The van der Waals surface area contributed by atoms with E-state index in [0.717, 1.165) is 5.56 Å². The van der Waals surface area contributed by atoms with E-state index >= 15 is 0 Å². The zero-order valence-electron chi connectivity index (χ0n) is 16.5. The Balaban J connectivity index is 0.00000341. The fraction of sp³-hybridized carbons (Fsp3) is 0.0909. The number of ether oxygens (including phenoxy) is 1. The van der Waals surface area contributed by atoms with Gasteiger partial charge in [-0.05, 0) is 54.1 Å². The van der Waals surface area contributed by atoms with Gasteiger partial charge >= 0.3 is 18.9 Å². The van der Waals surface area contributed by atoms with Crippen LogP contribution in [0.5, 0.6) is 5.75 Å². The molecule has 0 aromatic heterocycles. The van der Waals surface area contributed by atoms with Crippen molar-refractivity contribution in [1.29, 1.82) is 0 Å². The maximum Gasteiger partial charge on any atom is 1.00 e. The normalized spacial score (nSPS) is 10.2. The molecule has 3 rings (SSSR count). The molecule has 0 bridgehead atoms. The van der Waals surface area contributed by atoms with E-state index in [1.165, 1.54) is 30.3 Å². The van der Waals surface area contributed by atoms with E-state index in [-0.39, 0.29) is 40.7 Å². The van der Waals surface area contributed by atoms with Gasteiger partial charge in [-0.15, -0.1) is 0 Å². The van der Waals surface area contributed by atoms with Gasteiger partial charge in [0.15, 0.2) is 0 Å². The molecule has 9 heteroatoms. The molecule has 0 aliphatic carbocycles. The fourth-order valence-corrected chi connectivity index (χ4v) is 3.44. The number of hydrogen-bond donors (Lipinski definition) is 1. The van der Waals surface area contributed by atoms with Crippen molar-refractivity contribution in [2.45, 2.75) is 6.42 Å². The van der Waals surface area contributed by atoms with E-state index in [1.807, 2.05) is 18.2 Å². The van der Waals surface area contributed by atoms with Gasteiger partial charge in [0.25, 0.3) is 5.91 Å². The van der Waals surface area contributed by atoms with Gasteiger partial charge in [0.2, 0.25) is 0 Å². The predicted molar refractivity (Wildman–Crippen MR) is 116 cm³/mol. The van der Waals surface area contributed by atoms with Crippen molar-refractivity contribution in [3.05, 3.63) is 92.4 Å². The Hall–Kier alpha value is -2.13. The number of carbonyl (C=O) groups is 2. The summed E-state index contributed by atoms with van der Waals surface area (Å²) < 4.78 is 5.63. The number of anilines is 1. The average molecular weight is 471 g/mol. The Morgan fingerprint density at radius 3 is 2.32 bits per heavy atom. The first-order valence-electron chi connectivity index (χ1n) is 8.82. The first-order chi connectivity index (χ1) is 14.3. The minimum Gasteiger partial charge on any atom is -0.545 e. The number of nitrogens with one attached hydrogen (secondary N) is 1. The standard InChI is InChI=1S/C22H16Cl3NO4.Li/c23-14-3-1-2-13(10-14)8-9-30-16-5-7-20(18(12-16)22(28)29)26-21(27)17-6-4-15(24)11-19(17)25;/h1-7,10-12H,8-9H2,(H,26,27)(H,28,29);/q;+1/p-1. The molecule has 5 nitrogen and oxygen atoms in total. The van der Waals surface area contributed by atoms with Gasteiger partial charge in [-0.2, -0.15) is 0 Å². The van der Waals surface area contributed by atoms with Crippen LogP contribution in [0.3, 0.4) is 0 Å². The second-order valence-corrected chi connectivity index (χ2v) is 7.58. The number of carboxylic acid groups (broad SMARTS) is 1. The third-order valence-electron chi connectivity index (χ3n) is 4.18. The molecule has 0 fully saturated rings. The molecule has 3 aromatic rings. The Kier molecular flexibility index (Phi) is 9.30. The van der Waals surface area contributed by atoms with Crippen LogP contribution < -0.4 is 34.0 Å². The smallest absolute Gasteiger partial charge is 0.545 e. The van der Waals surface area contributed by atoms with Gasteiger partial charge in [0, 0.05) is 22.0 Å². The van der Waals surface area contributed by atoms with Crippen molar-refractivity contribution in [2.24, 2.45) is 0 Å². The Morgan fingerprint density at radius 2 is 1.65 bits per heavy atom. The molecule has 0 unspecified atom stereocenters. The third-order valence-corrected chi connectivity index (χ3v) is 4.97. The molecule has 3 aromatic carbocycles. The summed E-state index contributed by atoms with van der Waals surface area (Å²) >= 11 is 17.8. The topological polar surface area (TPSA) is 78.5 Å². The first-order valence-corrected chi connectivity index (χ1v) is 9.96. The molecule has 0 atom stereocenters. The van der Waals surface area contributed by atoms with Crippen molar-refractivity contribution in [1.82, 2.24) is 0 Å². The number of benzene rings is 3. The molecule has 0 spiro atoms. The zero-order valence-corrected chi connectivity index (χ0v) is 18.7. The summed E-state index contributed by atoms with van der Waals surface area (Å²) in [5.41, 5.74) is 1.00. The van der Waals surface area contributed by atoms with Crippen molar-refractivity contribution in [2.75, 3.05) is 11.9 Å². The molecule has 0 radical (unpaired) electrons. The molecule has 0 aliphatic heterocycles. The van der Waals surface area contributed by atoms with Crippen LogP contribution in [-0.4, -0.2) is 18.5 Å². The van der Waals surface area contributed by atoms with Crippen molar-refractivity contribution >= 4 is 52.4 Å². The van der Waals surface area contributed by atoms with Crippen molar-refractivity contribution in [3.63, 3.8) is 0 Å². The van der Waals surface area contributed by atoms with Crippen LogP contribution in [-0.2, 0) is 6.42 Å². The molecule has 1 amide bonds. The summed E-state index contributed by atoms with van der Waals surface area (Å²) in [4.78, 5) is 24.0. The Morgan fingerprint density at radius 1 is 0.903 bits per heavy atom. The predicted octanol–water partition coefficient (Wildman–Crippen LogP) is 1.89. The molecule has 154 valence electrons. The van der Waals surface area contributed by atoms with Crippen LogP contribution in [0.1, 0.15) is 26.3 Å². The van der Waals surface area contributed by atoms with Gasteiger partial charge in [-0.1, -0.05) is 46.9 Å². The molecule has 31 heavy (non-hydrogen) atoms. The number of rotatable bonds is 7. The second-order valence-electron chi connectivity index (χ2n) is 6.30. The molecule has 0 heterocycles. The molecule has 0 aliphatic rings. The number of carboxylic acids is 1. The van der Waals surface area contributed by atoms with Crippen LogP contribution in [0.25, 0.3) is 0 Å². The van der Waals surface area contributed by atoms with E-state index < -0.39 is 11.9 Å². The van der Waals surface area contributed by atoms with Crippen LogP contribution in [0.2, 0.25) is 15.1 Å². The minimum absolute atomic E-state index is 0. The summed E-state index contributed by atoms with van der Waals surface area (Å²) in [5.74, 6) is -1.69. The minimum atomic E-state index is -1.45. The van der Waals surface area contributed by atoms with Crippen molar-refractivity contribution < 1.29 is 38.3 Å². The first kappa shape index (κ1) is 25.1. The Bertz CT molecular complexity index is 1110.